The Morgan fingerprint density at radius 1 is 0.630 bits per heavy atom. The van der Waals surface area contributed by atoms with Crippen LogP contribution in [0.2, 0.25) is 0 Å². The van der Waals surface area contributed by atoms with Gasteiger partial charge in [-0.1, -0.05) is 28.1 Å². The smallest absolute Gasteiger partial charge is 0.410 e. The molecule has 0 spiro atoms. The van der Waals surface area contributed by atoms with E-state index in [4.69, 9.17) is 19.4 Å². The van der Waals surface area contributed by atoms with E-state index in [2.05, 4.69) is 86.4 Å². The quantitative estimate of drug-likeness (QED) is 0.166. The van der Waals surface area contributed by atoms with E-state index < -0.39 is 5.60 Å². The molecule has 4 aromatic carbocycles. The molecule has 2 amide bonds. The first kappa shape index (κ1) is 53.7. The minimum Gasteiger partial charge on any atom is -0.444 e. The Labute approximate surface area is 445 Å². The van der Waals surface area contributed by atoms with Crippen LogP contribution in [-0.4, -0.2) is 110 Å². The van der Waals surface area contributed by atoms with E-state index in [0.29, 0.717) is 19.1 Å². The number of carbonyl (C=O) groups excluding carboxylic acids is 2. The van der Waals surface area contributed by atoms with Gasteiger partial charge in [0.2, 0.25) is 0 Å². The van der Waals surface area contributed by atoms with E-state index in [1.807, 2.05) is 52.3 Å². The molecule has 2 aliphatic carbocycles. The van der Waals surface area contributed by atoms with Gasteiger partial charge in [-0.3, -0.25) is 0 Å². The third-order valence-corrected chi connectivity index (χ3v) is 15.6. The Balaban J connectivity index is 0.000000164. The van der Waals surface area contributed by atoms with E-state index in [1.165, 1.54) is 52.2 Å². The van der Waals surface area contributed by atoms with Crippen LogP contribution in [0.4, 0.5) is 34.3 Å². The summed E-state index contributed by atoms with van der Waals surface area (Å²) in [5, 5.41) is 9.21. The van der Waals surface area contributed by atoms with E-state index in [0.717, 1.165) is 102 Å². The molecule has 0 bridgehead atoms. The number of rotatable bonds is 7. The summed E-state index contributed by atoms with van der Waals surface area (Å²) in [6.07, 6.45) is 3.87. The summed E-state index contributed by atoms with van der Waals surface area (Å²) in [4.78, 5) is 44.0. The summed E-state index contributed by atoms with van der Waals surface area (Å²) >= 11 is 6.83. The minimum atomic E-state index is -0.480. The molecule has 4 heterocycles. The van der Waals surface area contributed by atoms with Crippen LogP contribution < -0.4 is 20.0 Å². The second-order valence-electron chi connectivity index (χ2n) is 20.8. The molecule has 10 rings (SSSR count). The van der Waals surface area contributed by atoms with Crippen LogP contribution >= 0.6 is 38.6 Å². The number of aromatic nitrogens is 2. The Bertz CT molecular complexity index is 2820. The number of nitrogens with one attached hydrogen (secondary N) is 1. The summed E-state index contributed by atoms with van der Waals surface area (Å²) in [7, 11) is 4.22. The van der Waals surface area contributed by atoms with Gasteiger partial charge in [0.1, 0.15) is 22.8 Å². The van der Waals surface area contributed by atoms with Gasteiger partial charge < -0.3 is 39.3 Å². The normalized spacial score (nSPS) is 17.4. The molecule has 73 heavy (non-hydrogen) atoms. The van der Waals surface area contributed by atoms with E-state index >= 15 is 0 Å². The van der Waals surface area contributed by atoms with Crippen molar-refractivity contribution in [3.05, 3.63) is 134 Å². The van der Waals surface area contributed by atoms with Gasteiger partial charge >= 0.3 is 12.2 Å². The Kier molecular flexibility index (Phi) is 17.1. The molecule has 0 radical (unpaired) electrons. The van der Waals surface area contributed by atoms with Gasteiger partial charge in [0, 0.05) is 98.5 Å². The number of aryl methyl sites for hydroxylation is 2. The number of hydrogen-bond acceptors (Lipinski definition) is 12. The van der Waals surface area contributed by atoms with Crippen molar-refractivity contribution in [1.29, 1.82) is 0 Å². The van der Waals surface area contributed by atoms with Crippen molar-refractivity contribution < 1.29 is 27.8 Å². The van der Waals surface area contributed by atoms with E-state index in [-0.39, 0.29) is 35.5 Å². The number of carbonyl (C=O) groups is 2. The third kappa shape index (κ3) is 14.0. The van der Waals surface area contributed by atoms with E-state index in [9.17, 15) is 18.4 Å². The fourth-order valence-corrected chi connectivity index (χ4v) is 11.5. The Morgan fingerprint density at radius 3 is 1.53 bits per heavy atom. The topological polar surface area (TPSA) is 107 Å². The molecule has 2 aromatic heterocycles. The zero-order valence-electron chi connectivity index (χ0n) is 43.1. The summed E-state index contributed by atoms with van der Waals surface area (Å²) in [5.74, 6) is -0.463. The standard InChI is InChI=1S/C28H33FN4O2S.C19H16BrFN2S.C9H18N2O2/c1-28(2,3)35-27(34)33-15-13-32(14-16-33)22-11-7-19-8-12-25(23(19)17-22)31(4)26-30-24(18-36-26)20-5-9-21(29)10-6-20;1-23(18-9-5-12-2-6-14(20)10-16(12)18)19-22-17(11-24-19)13-3-7-15(21)8-4-13;1-9(2,3)13-8(12)11-6-4-10-5-7-11/h5-7,9-11,17-18,25H,8,12-16H2,1-4H3;2-4,6-8,10-11,18H,5,9H2,1H3;10H,4-7H2,1-3H3. The average Bonchev–Trinajstić information content (AvgIpc) is 4.21. The van der Waals surface area contributed by atoms with Crippen molar-refractivity contribution in [2.45, 2.75) is 90.5 Å². The van der Waals surface area contributed by atoms with Crippen molar-refractivity contribution in [2.24, 2.45) is 0 Å². The highest BCUT2D eigenvalue weighted by Crippen LogP contribution is 2.42. The molecular weight excluding hydrogens is 1030 g/mol. The molecule has 388 valence electrons. The molecular formula is C56H67BrF2N8O4S2. The maximum Gasteiger partial charge on any atom is 0.410 e. The SMILES string of the molecule is CC(C)(C)OC(=O)N1CCNCC1.CN(c1nc(-c2ccc(F)cc2)cs1)C1CCc2ccc(Br)cc21.CN(c1nc(-c2ccc(F)cc2)cs1)C1CCc2ccc(N3CCN(C(=O)OC(C)(C)C)CC3)cc21. The lowest BCUT2D eigenvalue weighted by Gasteiger charge is -2.37. The highest BCUT2D eigenvalue weighted by atomic mass is 79.9. The number of fused-ring (bicyclic) bond motifs is 2. The number of anilines is 3. The molecule has 0 saturated carbocycles. The first-order valence-corrected chi connectivity index (χ1v) is 27.5. The lowest BCUT2D eigenvalue weighted by molar-refractivity contribution is 0.0223. The van der Waals surface area contributed by atoms with Crippen molar-refractivity contribution >= 4 is 66.7 Å². The summed E-state index contributed by atoms with van der Waals surface area (Å²) in [5.41, 5.74) is 9.51. The van der Waals surface area contributed by atoms with Crippen LogP contribution in [0.1, 0.15) is 88.7 Å². The molecule has 6 aromatic rings. The number of ether oxygens (including phenoxy) is 2. The lowest BCUT2D eigenvalue weighted by atomic mass is 10.1. The maximum atomic E-state index is 13.3. The van der Waals surface area contributed by atoms with Gasteiger partial charge in [0.05, 0.1) is 23.5 Å². The molecule has 12 nitrogen and oxygen atoms in total. The number of thiazole rings is 2. The predicted molar refractivity (Wildman–Crippen MR) is 295 cm³/mol. The zero-order chi connectivity index (χ0) is 52.0. The largest absolute Gasteiger partial charge is 0.444 e. The molecule has 2 atom stereocenters. The number of piperazine rings is 2. The molecule has 1 N–H and O–H groups in total. The summed E-state index contributed by atoms with van der Waals surface area (Å²) in [6, 6.07) is 26.9. The number of amides is 2. The first-order chi connectivity index (χ1) is 34.8. The highest BCUT2D eigenvalue weighted by molar-refractivity contribution is 9.10. The number of hydrogen-bond donors (Lipinski definition) is 1. The third-order valence-electron chi connectivity index (χ3n) is 13.2. The van der Waals surface area contributed by atoms with Gasteiger partial charge in [-0.2, -0.15) is 0 Å². The lowest BCUT2D eigenvalue weighted by Crippen LogP contribution is -2.50. The van der Waals surface area contributed by atoms with Crippen LogP contribution in [-0.2, 0) is 22.3 Å². The van der Waals surface area contributed by atoms with Gasteiger partial charge in [-0.25, -0.2) is 28.3 Å². The van der Waals surface area contributed by atoms with Crippen LogP contribution in [0.25, 0.3) is 22.5 Å². The zero-order valence-corrected chi connectivity index (χ0v) is 46.3. The molecule has 2 unspecified atom stereocenters. The highest BCUT2D eigenvalue weighted by Gasteiger charge is 2.32. The van der Waals surface area contributed by atoms with Crippen molar-refractivity contribution in [2.75, 3.05) is 81.2 Å². The fourth-order valence-electron chi connectivity index (χ4n) is 9.39. The Morgan fingerprint density at radius 2 is 1.07 bits per heavy atom. The maximum absolute atomic E-state index is 13.3. The number of nitrogens with zero attached hydrogens (tertiary/aromatic N) is 7. The molecule has 17 heteroatoms. The van der Waals surface area contributed by atoms with Gasteiger partial charge in [-0.15, -0.1) is 22.7 Å². The fraction of sp³-hybridized carbons (Fsp3) is 0.429. The molecule has 4 aliphatic rings. The van der Waals surface area contributed by atoms with Crippen molar-refractivity contribution in [3.63, 3.8) is 0 Å². The first-order valence-electron chi connectivity index (χ1n) is 25.0. The van der Waals surface area contributed by atoms with Gasteiger partial charge in [-0.05, 0) is 162 Å². The molecule has 2 fully saturated rings. The van der Waals surface area contributed by atoms with Crippen molar-refractivity contribution in [3.8, 4) is 22.5 Å². The summed E-state index contributed by atoms with van der Waals surface area (Å²) < 4.78 is 38.3. The van der Waals surface area contributed by atoms with Gasteiger partial charge in [0.15, 0.2) is 10.3 Å². The van der Waals surface area contributed by atoms with Crippen LogP contribution in [0.15, 0.2) is 100 Å². The van der Waals surface area contributed by atoms with Gasteiger partial charge in [0.25, 0.3) is 0 Å². The molecule has 2 saturated heterocycles. The van der Waals surface area contributed by atoms with Crippen molar-refractivity contribution in [1.82, 2.24) is 25.1 Å². The Hall–Kier alpha value is -5.62. The average molecular weight is 1100 g/mol. The monoisotopic (exact) mass is 1100 g/mol. The minimum absolute atomic E-state index is 0.200. The predicted octanol–water partition coefficient (Wildman–Crippen LogP) is 12.8. The number of halogens is 3. The number of benzene rings is 4. The van der Waals surface area contributed by atoms with Crippen LogP contribution in [0, 0.1) is 11.6 Å². The molecule has 2 aliphatic heterocycles. The summed E-state index contributed by atoms with van der Waals surface area (Å²) in [6.45, 7) is 17.4. The van der Waals surface area contributed by atoms with E-state index in [1.54, 1.807) is 56.7 Å². The second kappa shape index (κ2) is 23.3. The van der Waals surface area contributed by atoms with Crippen LogP contribution in [0.5, 0.6) is 0 Å². The van der Waals surface area contributed by atoms with Crippen LogP contribution in [0.3, 0.4) is 0 Å². The second-order valence-corrected chi connectivity index (χ2v) is 23.4.